The Morgan fingerprint density at radius 2 is 2.00 bits per heavy atom. The first kappa shape index (κ1) is 9.85. The van der Waals surface area contributed by atoms with Crippen molar-refractivity contribution in [2.75, 3.05) is 13.1 Å². The fourth-order valence-electron chi connectivity index (χ4n) is 1.51. The van der Waals surface area contributed by atoms with Gasteiger partial charge in [0.2, 0.25) is 5.91 Å². The van der Waals surface area contributed by atoms with E-state index in [0.29, 0.717) is 6.42 Å². The normalized spacial score (nSPS) is 20.7. The smallest absolute Gasteiger partial charge is 0.224 e. The van der Waals surface area contributed by atoms with Crippen molar-refractivity contribution in [2.45, 2.75) is 38.0 Å². The number of amides is 1. The average Bonchev–Trinajstić information content (AvgIpc) is 2.05. The summed E-state index contributed by atoms with van der Waals surface area (Å²) in [5, 5.41) is -0.0283. The van der Waals surface area contributed by atoms with Gasteiger partial charge in [0.15, 0.2) is 0 Å². The minimum atomic E-state index is -0.0283. The van der Waals surface area contributed by atoms with Gasteiger partial charge in [0.1, 0.15) is 0 Å². The fraction of sp³-hybridized carbons (Fsp3) is 0.889. The Balaban J connectivity index is 2.30. The van der Waals surface area contributed by atoms with Crippen LogP contribution in [0.4, 0.5) is 0 Å². The van der Waals surface area contributed by atoms with Gasteiger partial charge >= 0.3 is 0 Å². The molecule has 1 saturated heterocycles. The van der Waals surface area contributed by atoms with E-state index in [2.05, 4.69) is 0 Å². The molecule has 0 saturated carbocycles. The number of hydrogen-bond acceptors (Lipinski definition) is 1. The van der Waals surface area contributed by atoms with Gasteiger partial charge in [-0.25, -0.2) is 0 Å². The van der Waals surface area contributed by atoms with E-state index in [9.17, 15) is 4.79 Å². The second-order valence-corrected chi connectivity index (χ2v) is 4.17. The van der Waals surface area contributed by atoms with Gasteiger partial charge in [0.05, 0.1) is 0 Å². The lowest BCUT2D eigenvalue weighted by molar-refractivity contribution is -0.132. The quantitative estimate of drug-likeness (QED) is 0.609. The van der Waals surface area contributed by atoms with Gasteiger partial charge in [-0.15, -0.1) is 11.6 Å². The molecule has 0 aliphatic carbocycles. The minimum absolute atomic E-state index is 0.0283. The predicted molar refractivity (Wildman–Crippen MR) is 50.4 cm³/mol. The number of likely N-dealkylation sites (tertiary alicyclic amines) is 1. The summed E-state index contributed by atoms with van der Waals surface area (Å²) in [6.07, 6.45) is 4.06. The van der Waals surface area contributed by atoms with Crippen LogP contribution in [0.3, 0.4) is 0 Å². The highest BCUT2D eigenvalue weighted by molar-refractivity contribution is 6.21. The molecule has 0 radical (unpaired) electrons. The summed E-state index contributed by atoms with van der Waals surface area (Å²) in [4.78, 5) is 13.4. The number of piperidine rings is 1. The van der Waals surface area contributed by atoms with Crippen LogP contribution < -0.4 is 0 Å². The number of rotatable bonds is 2. The summed E-state index contributed by atoms with van der Waals surface area (Å²) < 4.78 is 0. The molecule has 0 bridgehead atoms. The van der Waals surface area contributed by atoms with Gasteiger partial charge in [0.25, 0.3) is 0 Å². The van der Waals surface area contributed by atoms with Crippen LogP contribution in [0.25, 0.3) is 0 Å². The third-order valence-electron chi connectivity index (χ3n) is 2.16. The van der Waals surface area contributed by atoms with Gasteiger partial charge in [-0.1, -0.05) is 0 Å². The molecule has 0 aromatic rings. The molecule has 0 spiro atoms. The molecule has 1 atom stereocenters. The van der Waals surface area contributed by atoms with Crippen molar-refractivity contribution in [3.8, 4) is 0 Å². The Hall–Kier alpha value is -0.240. The second-order valence-electron chi connectivity index (χ2n) is 3.43. The molecule has 12 heavy (non-hydrogen) atoms. The molecule has 0 N–H and O–H groups in total. The van der Waals surface area contributed by atoms with Crippen molar-refractivity contribution < 1.29 is 4.79 Å². The first-order chi connectivity index (χ1) is 5.70. The standard InChI is InChI=1S/C9H16ClNO/c1-8(10)7-9(12)11-5-3-2-4-6-11/h8H,2-7H2,1H3. The number of hydrogen-bond donors (Lipinski definition) is 0. The molecule has 0 aromatic carbocycles. The van der Waals surface area contributed by atoms with E-state index in [1.54, 1.807) is 0 Å². The zero-order chi connectivity index (χ0) is 8.97. The lowest BCUT2D eigenvalue weighted by atomic mass is 10.1. The molecular formula is C9H16ClNO. The molecule has 1 heterocycles. The zero-order valence-corrected chi connectivity index (χ0v) is 8.31. The van der Waals surface area contributed by atoms with Crippen LogP contribution in [0.15, 0.2) is 0 Å². The Bertz CT molecular complexity index is 153. The van der Waals surface area contributed by atoms with Crippen LogP contribution in [-0.4, -0.2) is 29.3 Å². The zero-order valence-electron chi connectivity index (χ0n) is 7.55. The van der Waals surface area contributed by atoms with Crippen molar-refractivity contribution >= 4 is 17.5 Å². The number of carbonyl (C=O) groups is 1. The van der Waals surface area contributed by atoms with E-state index in [0.717, 1.165) is 25.9 Å². The first-order valence-electron chi connectivity index (χ1n) is 4.62. The second kappa shape index (κ2) is 4.70. The summed E-state index contributed by atoms with van der Waals surface area (Å²) in [7, 11) is 0. The topological polar surface area (TPSA) is 20.3 Å². The predicted octanol–water partition coefficient (Wildman–Crippen LogP) is 2.02. The van der Waals surface area contributed by atoms with Crippen LogP contribution >= 0.6 is 11.6 Å². The maximum absolute atomic E-state index is 11.4. The lowest BCUT2D eigenvalue weighted by Crippen LogP contribution is -2.36. The highest BCUT2D eigenvalue weighted by atomic mass is 35.5. The van der Waals surface area contributed by atoms with E-state index in [1.807, 2.05) is 11.8 Å². The molecule has 1 fully saturated rings. The van der Waals surface area contributed by atoms with Gasteiger partial charge in [0, 0.05) is 24.9 Å². The van der Waals surface area contributed by atoms with Crippen LogP contribution in [-0.2, 0) is 4.79 Å². The lowest BCUT2D eigenvalue weighted by Gasteiger charge is -2.27. The SMILES string of the molecule is CC(Cl)CC(=O)N1CCCCC1. The maximum atomic E-state index is 11.4. The third kappa shape index (κ3) is 3.02. The molecule has 3 heteroatoms. The number of halogens is 1. The Kier molecular flexibility index (Phi) is 3.86. The Morgan fingerprint density at radius 3 is 2.50 bits per heavy atom. The van der Waals surface area contributed by atoms with Gasteiger partial charge in [-0.3, -0.25) is 4.79 Å². The molecule has 1 aliphatic rings. The number of alkyl halides is 1. The van der Waals surface area contributed by atoms with E-state index in [1.165, 1.54) is 6.42 Å². The van der Waals surface area contributed by atoms with E-state index in [-0.39, 0.29) is 11.3 Å². The van der Waals surface area contributed by atoms with Crippen LogP contribution in [0.2, 0.25) is 0 Å². The van der Waals surface area contributed by atoms with Crippen molar-refractivity contribution in [1.29, 1.82) is 0 Å². The molecule has 70 valence electrons. The molecule has 1 amide bonds. The van der Waals surface area contributed by atoms with Crippen LogP contribution in [0, 0.1) is 0 Å². The van der Waals surface area contributed by atoms with Gasteiger partial charge < -0.3 is 4.90 Å². The van der Waals surface area contributed by atoms with Crippen molar-refractivity contribution in [2.24, 2.45) is 0 Å². The summed E-state index contributed by atoms with van der Waals surface area (Å²) in [6, 6.07) is 0. The maximum Gasteiger partial charge on any atom is 0.224 e. The first-order valence-corrected chi connectivity index (χ1v) is 5.05. The summed E-state index contributed by atoms with van der Waals surface area (Å²) >= 11 is 5.74. The highest BCUT2D eigenvalue weighted by Gasteiger charge is 2.17. The molecular weight excluding hydrogens is 174 g/mol. The molecule has 1 rings (SSSR count). The third-order valence-corrected chi connectivity index (χ3v) is 2.32. The molecule has 2 nitrogen and oxygen atoms in total. The molecule has 1 aliphatic heterocycles. The number of nitrogens with zero attached hydrogens (tertiary/aromatic N) is 1. The summed E-state index contributed by atoms with van der Waals surface area (Å²) in [5.41, 5.74) is 0. The Labute approximate surface area is 78.9 Å². The van der Waals surface area contributed by atoms with Crippen molar-refractivity contribution in [1.82, 2.24) is 4.90 Å². The van der Waals surface area contributed by atoms with Gasteiger partial charge in [-0.05, 0) is 26.2 Å². The van der Waals surface area contributed by atoms with Crippen molar-refractivity contribution in [3.63, 3.8) is 0 Å². The van der Waals surface area contributed by atoms with E-state index in [4.69, 9.17) is 11.6 Å². The molecule has 0 aromatic heterocycles. The van der Waals surface area contributed by atoms with E-state index < -0.39 is 0 Å². The average molecular weight is 190 g/mol. The molecule has 1 unspecified atom stereocenters. The monoisotopic (exact) mass is 189 g/mol. The van der Waals surface area contributed by atoms with Crippen LogP contribution in [0.1, 0.15) is 32.6 Å². The summed E-state index contributed by atoms with van der Waals surface area (Å²) in [5.74, 6) is 0.220. The Morgan fingerprint density at radius 1 is 1.42 bits per heavy atom. The van der Waals surface area contributed by atoms with E-state index >= 15 is 0 Å². The largest absolute Gasteiger partial charge is 0.343 e. The number of carbonyl (C=O) groups excluding carboxylic acids is 1. The fourth-order valence-corrected chi connectivity index (χ4v) is 1.65. The van der Waals surface area contributed by atoms with Crippen molar-refractivity contribution in [3.05, 3.63) is 0 Å². The van der Waals surface area contributed by atoms with Crippen LogP contribution in [0.5, 0.6) is 0 Å². The van der Waals surface area contributed by atoms with Gasteiger partial charge in [-0.2, -0.15) is 0 Å². The minimum Gasteiger partial charge on any atom is -0.343 e. The highest BCUT2D eigenvalue weighted by Crippen LogP contribution is 2.11. The summed E-state index contributed by atoms with van der Waals surface area (Å²) in [6.45, 7) is 3.73.